The van der Waals surface area contributed by atoms with Gasteiger partial charge >= 0.3 is 0 Å². The number of thiazole rings is 1. The Bertz CT molecular complexity index is 620. The molecule has 2 rings (SSSR count). The van der Waals surface area contributed by atoms with Gasteiger partial charge in [0.2, 0.25) is 0 Å². The molecule has 1 atom stereocenters. The molecule has 0 saturated heterocycles. The summed E-state index contributed by atoms with van der Waals surface area (Å²) in [7, 11) is -3.62. The van der Waals surface area contributed by atoms with Crippen molar-refractivity contribution >= 4 is 21.4 Å². The molecule has 0 radical (unpaired) electrons. The predicted octanol–water partition coefficient (Wildman–Crippen LogP) is 0.407. The van der Waals surface area contributed by atoms with Gasteiger partial charge in [0.1, 0.15) is 0 Å². The van der Waals surface area contributed by atoms with Crippen molar-refractivity contribution < 1.29 is 8.42 Å². The van der Waals surface area contributed by atoms with E-state index in [1.54, 1.807) is 6.20 Å². The molecule has 0 amide bonds. The SMILES string of the molecule is CC(CNS(=O)(=O)c1[nH]ncc1CN)c1nccs1. The van der Waals surface area contributed by atoms with Crippen molar-refractivity contribution in [2.24, 2.45) is 5.73 Å². The average Bonchev–Trinajstić information content (AvgIpc) is 3.06. The number of nitrogens with zero attached hydrogens (tertiary/aromatic N) is 2. The van der Waals surface area contributed by atoms with E-state index in [9.17, 15) is 8.42 Å². The van der Waals surface area contributed by atoms with Crippen LogP contribution in [0.4, 0.5) is 0 Å². The maximum absolute atomic E-state index is 12.1. The number of hydrogen-bond donors (Lipinski definition) is 3. The molecule has 0 fully saturated rings. The highest BCUT2D eigenvalue weighted by Gasteiger charge is 2.21. The van der Waals surface area contributed by atoms with Crippen molar-refractivity contribution in [3.63, 3.8) is 0 Å². The van der Waals surface area contributed by atoms with Crippen LogP contribution in [0.1, 0.15) is 23.4 Å². The fraction of sp³-hybridized carbons (Fsp3) is 0.400. The first kappa shape index (κ1) is 14.1. The first-order valence-corrected chi connectivity index (χ1v) is 8.02. The van der Waals surface area contributed by atoms with Gasteiger partial charge in [-0.15, -0.1) is 11.3 Å². The van der Waals surface area contributed by atoms with Gasteiger partial charge in [0.15, 0.2) is 5.03 Å². The number of nitrogens with one attached hydrogen (secondary N) is 2. The van der Waals surface area contributed by atoms with E-state index in [4.69, 9.17) is 5.73 Å². The minimum absolute atomic E-state index is 0.0130. The van der Waals surface area contributed by atoms with Crippen molar-refractivity contribution in [3.05, 3.63) is 28.3 Å². The number of aromatic amines is 1. The summed E-state index contributed by atoms with van der Waals surface area (Å²) in [6, 6.07) is 0. The van der Waals surface area contributed by atoms with E-state index in [-0.39, 0.29) is 24.0 Å². The molecular weight excluding hydrogens is 286 g/mol. The predicted molar refractivity (Wildman–Crippen MR) is 72.2 cm³/mol. The molecule has 4 N–H and O–H groups in total. The molecule has 0 spiro atoms. The summed E-state index contributed by atoms with van der Waals surface area (Å²) in [6.07, 6.45) is 3.12. The third-order valence-corrected chi connectivity index (χ3v) is 5.06. The van der Waals surface area contributed by atoms with Crippen LogP contribution in [0, 0.1) is 0 Å². The number of aromatic nitrogens is 3. The number of H-pyrrole nitrogens is 1. The molecule has 0 aliphatic carbocycles. The van der Waals surface area contributed by atoms with Gasteiger partial charge in [0.05, 0.1) is 11.2 Å². The summed E-state index contributed by atoms with van der Waals surface area (Å²) in [5, 5.41) is 8.95. The van der Waals surface area contributed by atoms with Gasteiger partial charge in [-0.1, -0.05) is 6.92 Å². The van der Waals surface area contributed by atoms with Crippen LogP contribution in [-0.2, 0) is 16.6 Å². The number of hydrogen-bond acceptors (Lipinski definition) is 6. The van der Waals surface area contributed by atoms with Crippen molar-refractivity contribution in [1.29, 1.82) is 0 Å². The van der Waals surface area contributed by atoms with Crippen molar-refractivity contribution in [2.75, 3.05) is 6.54 Å². The molecule has 1 unspecified atom stereocenters. The lowest BCUT2D eigenvalue weighted by Gasteiger charge is -2.10. The third kappa shape index (κ3) is 3.18. The van der Waals surface area contributed by atoms with E-state index in [1.807, 2.05) is 12.3 Å². The van der Waals surface area contributed by atoms with Gasteiger partial charge in [-0.05, 0) is 0 Å². The quantitative estimate of drug-likeness (QED) is 0.715. The minimum Gasteiger partial charge on any atom is -0.326 e. The zero-order valence-corrected chi connectivity index (χ0v) is 12.0. The van der Waals surface area contributed by atoms with Crippen LogP contribution >= 0.6 is 11.3 Å². The van der Waals surface area contributed by atoms with Crippen LogP contribution in [0.25, 0.3) is 0 Å². The fourth-order valence-electron chi connectivity index (χ4n) is 1.55. The molecule has 0 bridgehead atoms. The smallest absolute Gasteiger partial charge is 0.257 e. The topological polar surface area (TPSA) is 114 Å². The minimum atomic E-state index is -3.62. The molecule has 9 heteroatoms. The van der Waals surface area contributed by atoms with Gasteiger partial charge < -0.3 is 5.73 Å². The highest BCUT2D eigenvalue weighted by molar-refractivity contribution is 7.89. The molecule has 0 aliphatic heterocycles. The Morgan fingerprint density at radius 2 is 2.37 bits per heavy atom. The first-order valence-electron chi connectivity index (χ1n) is 5.66. The maximum Gasteiger partial charge on any atom is 0.257 e. The molecule has 19 heavy (non-hydrogen) atoms. The highest BCUT2D eigenvalue weighted by atomic mass is 32.2. The molecule has 0 aliphatic rings. The lowest BCUT2D eigenvalue weighted by atomic mass is 10.2. The molecule has 0 aromatic carbocycles. The van der Waals surface area contributed by atoms with Crippen LogP contribution < -0.4 is 10.5 Å². The second-order valence-corrected chi connectivity index (χ2v) is 6.68. The highest BCUT2D eigenvalue weighted by Crippen LogP contribution is 2.18. The summed E-state index contributed by atoms with van der Waals surface area (Å²) in [4.78, 5) is 4.16. The monoisotopic (exact) mass is 301 g/mol. The molecule has 0 saturated carbocycles. The van der Waals surface area contributed by atoms with Gasteiger partial charge in [0, 0.05) is 36.1 Å². The average molecular weight is 301 g/mol. The largest absolute Gasteiger partial charge is 0.326 e. The Labute approximate surface area is 115 Å². The lowest BCUT2D eigenvalue weighted by molar-refractivity contribution is 0.569. The molecular formula is C10H15N5O2S2. The normalized spacial score (nSPS) is 13.6. The van der Waals surface area contributed by atoms with Crippen LogP contribution in [0.2, 0.25) is 0 Å². The number of sulfonamides is 1. The summed E-state index contributed by atoms with van der Waals surface area (Å²) in [5.41, 5.74) is 5.93. The van der Waals surface area contributed by atoms with E-state index in [2.05, 4.69) is 19.9 Å². The van der Waals surface area contributed by atoms with Gasteiger partial charge in [0.25, 0.3) is 10.0 Å². The second-order valence-electron chi connectivity index (χ2n) is 4.05. The summed E-state index contributed by atoms with van der Waals surface area (Å²) < 4.78 is 26.7. The summed E-state index contributed by atoms with van der Waals surface area (Å²) in [6.45, 7) is 2.31. The molecule has 2 heterocycles. The zero-order chi connectivity index (χ0) is 13.9. The van der Waals surface area contributed by atoms with Crippen molar-refractivity contribution in [2.45, 2.75) is 24.4 Å². The Morgan fingerprint density at radius 1 is 1.58 bits per heavy atom. The molecule has 7 nitrogen and oxygen atoms in total. The van der Waals surface area contributed by atoms with Crippen LogP contribution in [-0.4, -0.2) is 30.1 Å². The second kappa shape index (κ2) is 5.78. The van der Waals surface area contributed by atoms with E-state index in [0.29, 0.717) is 5.56 Å². The van der Waals surface area contributed by atoms with Crippen LogP contribution in [0.15, 0.2) is 22.8 Å². The molecule has 104 valence electrons. The van der Waals surface area contributed by atoms with Gasteiger partial charge in [-0.3, -0.25) is 5.10 Å². The Balaban J connectivity index is 2.06. The van der Waals surface area contributed by atoms with Crippen molar-refractivity contribution in [1.82, 2.24) is 19.9 Å². The van der Waals surface area contributed by atoms with Crippen LogP contribution in [0.3, 0.4) is 0 Å². The number of nitrogens with two attached hydrogens (primary N) is 1. The first-order chi connectivity index (χ1) is 9.04. The lowest BCUT2D eigenvalue weighted by Crippen LogP contribution is -2.29. The molecule has 2 aromatic heterocycles. The fourth-order valence-corrected chi connectivity index (χ4v) is 3.52. The summed E-state index contributed by atoms with van der Waals surface area (Å²) >= 11 is 1.50. The zero-order valence-electron chi connectivity index (χ0n) is 10.3. The summed E-state index contributed by atoms with van der Waals surface area (Å²) in [5.74, 6) is 0.0130. The third-order valence-electron chi connectivity index (χ3n) is 2.62. The van der Waals surface area contributed by atoms with E-state index in [0.717, 1.165) is 5.01 Å². The maximum atomic E-state index is 12.1. The van der Waals surface area contributed by atoms with Crippen molar-refractivity contribution in [3.8, 4) is 0 Å². The van der Waals surface area contributed by atoms with Crippen LogP contribution in [0.5, 0.6) is 0 Å². The number of rotatable bonds is 6. The van der Waals surface area contributed by atoms with Gasteiger partial charge in [-0.2, -0.15) is 5.10 Å². The Hall–Kier alpha value is -1.29. The standard InChI is InChI=1S/C10H15N5O2S2/c1-7(9-12-2-3-18-9)5-14-19(16,17)10-8(4-11)6-13-15-10/h2-3,6-7,14H,4-5,11H2,1H3,(H,13,15). The molecule has 2 aromatic rings. The van der Waals surface area contributed by atoms with E-state index in [1.165, 1.54) is 17.5 Å². The van der Waals surface area contributed by atoms with E-state index >= 15 is 0 Å². The Morgan fingerprint density at radius 3 is 3.00 bits per heavy atom. The Kier molecular flexibility index (Phi) is 4.30. The van der Waals surface area contributed by atoms with E-state index < -0.39 is 10.0 Å². The van der Waals surface area contributed by atoms with Gasteiger partial charge in [-0.25, -0.2) is 18.1 Å².